The summed E-state index contributed by atoms with van der Waals surface area (Å²) in [7, 11) is 0. The Labute approximate surface area is 278 Å². The SMILES string of the molecule is c1ccc(-c2nc3c(-c4ccccc4)cnc(-c4cccc(N5c6ccccc6Oc6ccccc65)c4)c3nc2-c2ccccc2)cc1. The molecule has 48 heavy (non-hydrogen) atoms. The lowest BCUT2D eigenvalue weighted by molar-refractivity contribution is 0.477. The fourth-order valence-electron chi connectivity index (χ4n) is 6.45. The van der Waals surface area contributed by atoms with Crippen molar-refractivity contribution in [3.63, 3.8) is 0 Å². The highest BCUT2D eigenvalue weighted by atomic mass is 16.5. The van der Waals surface area contributed by atoms with E-state index in [9.17, 15) is 0 Å². The van der Waals surface area contributed by atoms with Crippen LogP contribution in [-0.2, 0) is 0 Å². The van der Waals surface area contributed by atoms with Gasteiger partial charge < -0.3 is 9.64 Å². The van der Waals surface area contributed by atoms with E-state index in [2.05, 4.69) is 77.7 Å². The number of anilines is 3. The highest BCUT2D eigenvalue weighted by molar-refractivity contribution is 6.01. The van der Waals surface area contributed by atoms with Gasteiger partial charge in [-0.2, -0.15) is 0 Å². The van der Waals surface area contributed by atoms with Crippen LogP contribution in [0.1, 0.15) is 0 Å². The van der Waals surface area contributed by atoms with Crippen molar-refractivity contribution in [3.8, 4) is 56.4 Å². The first-order valence-corrected chi connectivity index (χ1v) is 16.0. The average molecular weight is 617 g/mol. The third-order valence-corrected chi connectivity index (χ3v) is 8.69. The molecule has 5 nitrogen and oxygen atoms in total. The van der Waals surface area contributed by atoms with Crippen molar-refractivity contribution in [1.82, 2.24) is 15.0 Å². The minimum absolute atomic E-state index is 0.745. The number of pyridine rings is 1. The molecule has 0 bridgehead atoms. The second kappa shape index (κ2) is 11.6. The number of aromatic nitrogens is 3. The van der Waals surface area contributed by atoms with E-state index in [1.807, 2.05) is 97.2 Å². The summed E-state index contributed by atoms with van der Waals surface area (Å²) < 4.78 is 6.29. The summed E-state index contributed by atoms with van der Waals surface area (Å²) in [4.78, 5) is 18.2. The number of nitrogens with zero attached hydrogens (tertiary/aromatic N) is 4. The van der Waals surface area contributed by atoms with Crippen molar-refractivity contribution < 1.29 is 4.74 Å². The Morgan fingerprint density at radius 1 is 0.417 bits per heavy atom. The number of rotatable bonds is 5. The molecule has 2 aromatic heterocycles. The number of fused-ring (bicyclic) bond motifs is 3. The van der Waals surface area contributed by atoms with E-state index in [4.69, 9.17) is 19.7 Å². The highest BCUT2D eigenvalue weighted by Crippen LogP contribution is 2.50. The number of benzene rings is 6. The summed E-state index contributed by atoms with van der Waals surface area (Å²) in [5.41, 5.74) is 11.8. The van der Waals surface area contributed by atoms with Gasteiger partial charge in [0.1, 0.15) is 11.0 Å². The highest BCUT2D eigenvalue weighted by Gasteiger charge is 2.26. The monoisotopic (exact) mass is 616 g/mol. The molecule has 0 unspecified atom stereocenters. The molecular weight excluding hydrogens is 589 g/mol. The minimum Gasteiger partial charge on any atom is -0.453 e. The van der Waals surface area contributed by atoms with Crippen molar-refractivity contribution in [2.45, 2.75) is 0 Å². The lowest BCUT2D eigenvalue weighted by Crippen LogP contribution is -2.15. The van der Waals surface area contributed by atoms with Crippen LogP contribution in [0.15, 0.2) is 170 Å². The van der Waals surface area contributed by atoms with E-state index in [1.54, 1.807) is 0 Å². The van der Waals surface area contributed by atoms with Gasteiger partial charge in [0.05, 0.1) is 28.5 Å². The molecule has 5 heteroatoms. The van der Waals surface area contributed by atoms with E-state index in [-0.39, 0.29) is 0 Å². The van der Waals surface area contributed by atoms with Gasteiger partial charge in [0.25, 0.3) is 0 Å². The second-order valence-corrected chi connectivity index (χ2v) is 11.7. The number of para-hydroxylation sites is 4. The van der Waals surface area contributed by atoms with Crippen LogP contribution in [0.2, 0.25) is 0 Å². The van der Waals surface area contributed by atoms with Gasteiger partial charge in [-0.05, 0) is 42.0 Å². The molecule has 1 aliphatic heterocycles. The van der Waals surface area contributed by atoms with Gasteiger partial charge in [0.15, 0.2) is 11.5 Å². The molecule has 6 aromatic carbocycles. The first kappa shape index (κ1) is 27.7. The Morgan fingerprint density at radius 3 is 1.52 bits per heavy atom. The number of hydrogen-bond acceptors (Lipinski definition) is 5. The van der Waals surface area contributed by atoms with Gasteiger partial charge in [0.2, 0.25) is 0 Å². The van der Waals surface area contributed by atoms with Crippen molar-refractivity contribution >= 4 is 28.1 Å². The van der Waals surface area contributed by atoms with Gasteiger partial charge in [-0.3, -0.25) is 4.98 Å². The van der Waals surface area contributed by atoms with E-state index in [1.165, 1.54) is 0 Å². The maximum absolute atomic E-state index is 6.29. The first-order chi connectivity index (χ1) is 23.8. The van der Waals surface area contributed by atoms with Crippen LogP contribution in [0.25, 0.3) is 55.9 Å². The third-order valence-electron chi connectivity index (χ3n) is 8.69. The summed E-state index contributed by atoms with van der Waals surface area (Å²) in [6, 6.07) is 55.6. The molecule has 0 N–H and O–H groups in total. The Kier molecular flexibility index (Phi) is 6.72. The maximum atomic E-state index is 6.29. The van der Waals surface area contributed by atoms with Crippen molar-refractivity contribution in [1.29, 1.82) is 0 Å². The Hall–Kier alpha value is -6.59. The van der Waals surface area contributed by atoms with Gasteiger partial charge in [-0.25, -0.2) is 9.97 Å². The number of ether oxygens (including phenoxy) is 1. The summed E-state index contributed by atoms with van der Waals surface area (Å²) in [5, 5.41) is 0. The maximum Gasteiger partial charge on any atom is 0.151 e. The molecule has 0 spiro atoms. The van der Waals surface area contributed by atoms with Crippen LogP contribution in [0.5, 0.6) is 11.5 Å². The molecule has 8 aromatic rings. The zero-order valence-electron chi connectivity index (χ0n) is 25.9. The van der Waals surface area contributed by atoms with Crippen molar-refractivity contribution in [3.05, 3.63) is 170 Å². The summed E-state index contributed by atoms with van der Waals surface area (Å²) in [6.07, 6.45) is 1.94. The van der Waals surface area contributed by atoms with Crippen molar-refractivity contribution in [2.24, 2.45) is 0 Å². The van der Waals surface area contributed by atoms with Gasteiger partial charge in [-0.1, -0.05) is 127 Å². The molecule has 226 valence electrons. The van der Waals surface area contributed by atoms with Crippen LogP contribution in [0.3, 0.4) is 0 Å². The molecule has 0 radical (unpaired) electrons. The van der Waals surface area contributed by atoms with Crippen molar-refractivity contribution in [2.75, 3.05) is 4.90 Å². The lowest BCUT2D eigenvalue weighted by Gasteiger charge is -2.33. The van der Waals surface area contributed by atoms with E-state index >= 15 is 0 Å². The Bertz CT molecular complexity index is 2380. The minimum atomic E-state index is 0.745. The van der Waals surface area contributed by atoms with E-state index < -0.39 is 0 Å². The van der Waals surface area contributed by atoms with Crippen LogP contribution in [0.4, 0.5) is 17.1 Å². The Morgan fingerprint density at radius 2 is 0.917 bits per heavy atom. The topological polar surface area (TPSA) is 51.1 Å². The van der Waals surface area contributed by atoms with Crippen LogP contribution in [0, 0.1) is 0 Å². The molecule has 3 heterocycles. The predicted octanol–water partition coefficient (Wildman–Crippen LogP) is 11.3. The third kappa shape index (κ3) is 4.77. The average Bonchev–Trinajstić information content (AvgIpc) is 3.17. The summed E-state index contributed by atoms with van der Waals surface area (Å²) >= 11 is 0. The fraction of sp³-hybridized carbons (Fsp3) is 0. The molecule has 0 atom stereocenters. The number of hydrogen-bond donors (Lipinski definition) is 0. The van der Waals surface area contributed by atoms with Gasteiger partial charge in [0, 0.05) is 34.1 Å². The predicted molar refractivity (Wildman–Crippen MR) is 194 cm³/mol. The molecule has 0 amide bonds. The van der Waals surface area contributed by atoms with Crippen LogP contribution >= 0.6 is 0 Å². The first-order valence-electron chi connectivity index (χ1n) is 16.0. The molecule has 0 saturated carbocycles. The van der Waals surface area contributed by atoms with Gasteiger partial charge in [-0.15, -0.1) is 0 Å². The fourth-order valence-corrected chi connectivity index (χ4v) is 6.45. The normalized spacial score (nSPS) is 11.9. The molecule has 0 fully saturated rings. The standard InChI is InChI=1S/C43H28N4O/c1-4-15-29(16-5-1)34-28-44-39(43-42(34)45-40(30-17-6-2-7-18-30)41(46-43)31-19-8-3-9-20-31)32-21-14-22-33(27-32)47-35-23-10-12-25-37(35)48-38-26-13-11-24-36(38)47/h1-28H. The van der Waals surface area contributed by atoms with Crippen LogP contribution < -0.4 is 9.64 Å². The molecule has 9 rings (SSSR count). The van der Waals surface area contributed by atoms with E-state index in [0.29, 0.717) is 0 Å². The lowest BCUT2D eigenvalue weighted by atomic mass is 9.99. The van der Waals surface area contributed by atoms with Gasteiger partial charge >= 0.3 is 0 Å². The second-order valence-electron chi connectivity index (χ2n) is 11.7. The molecule has 1 aliphatic rings. The zero-order valence-corrected chi connectivity index (χ0v) is 25.9. The molecule has 0 aliphatic carbocycles. The van der Waals surface area contributed by atoms with Crippen LogP contribution in [-0.4, -0.2) is 15.0 Å². The smallest absolute Gasteiger partial charge is 0.151 e. The zero-order chi connectivity index (χ0) is 31.9. The summed E-state index contributed by atoms with van der Waals surface area (Å²) in [6.45, 7) is 0. The summed E-state index contributed by atoms with van der Waals surface area (Å²) in [5.74, 6) is 1.62. The molecule has 0 saturated heterocycles. The quantitative estimate of drug-likeness (QED) is 0.193. The Balaban J connectivity index is 1.30. The largest absolute Gasteiger partial charge is 0.453 e. The van der Waals surface area contributed by atoms with E-state index in [0.717, 1.165) is 84.5 Å². The molecular formula is C43H28N4O.